The number of aliphatic hydroxyl groups is 1. The predicted octanol–water partition coefficient (Wildman–Crippen LogP) is 2.75. The Kier molecular flexibility index (Phi) is 4.94. The Morgan fingerprint density at radius 1 is 1.14 bits per heavy atom. The zero-order valence-electron chi connectivity index (χ0n) is 12.1. The van der Waals surface area contributed by atoms with Crippen LogP contribution in [0.25, 0.3) is 0 Å². The van der Waals surface area contributed by atoms with Crippen LogP contribution < -0.4 is 10.5 Å². The van der Waals surface area contributed by atoms with E-state index in [-0.39, 0.29) is 24.7 Å². The van der Waals surface area contributed by atoms with Crippen LogP contribution in [0.15, 0.2) is 48.5 Å². The van der Waals surface area contributed by atoms with E-state index in [1.54, 1.807) is 25.1 Å². The summed E-state index contributed by atoms with van der Waals surface area (Å²) in [6.45, 7) is 1.95. The van der Waals surface area contributed by atoms with Crippen molar-refractivity contribution in [2.45, 2.75) is 18.9 Å². The van der Waals surface area contributed by atoms with Crippen molar-refractivity contribution < 1.29 is 14.2 Å². The third-order valence-corrected chi connectivity index (χ3v) is 3.58. The quantitative estimate of drug-likeness (QED) is 0.859. The standard InChI is InChI=1S/C17H20FNO2/c1-13-6-5-9-15(16(13)18)21-11-10-17(20,12-19)14-7-3-2-4-8-14/h2-9,20H,10-12,19H2,1H3. The lowest BCUT2D eigenvalue weighted by Crippen LogP contribution is -2.36. The molecule has 4 heteroatoms. The fraction of sp³-hybridized carbons (Fsp3) is 0.294. The second-order valence-electron chi connectivity index (χ2n) is 5.09. The number of hydrogen-bond donors (Lipinski definition) is 2. The van der Waals surface area contributed by atoms with Gasteiger partial charge < -0.3 is 15.6 Å². The van der Waals surface area contributed by atoms with Crippen molar-refractivity contribution in [3.63, 3.8) is 0 Å². The molecule has 0 aliphatic carbocycles. The highest BCUT2D eigenvalue weighted by molar-refractivity contribution is 5.30. The normalized spacial score (nSPS) is 13.7. The van der Waals surface area contributed by atoms with Gasteiger partial charge in [0.2, 0.25) is 0 Å². The number of nitrogens with two attached hydrogens (primary N) is 1. The summed E-state index contributed by atoms with van der Waals surface area (Å²) in [6, 6.07) is 14.2. The highest BCUT2D eigenvalue weighted by Crippen LogP contribution is 2.25. The van der Waals surface area contributed by atoms with E-state index in [2.05, 4.69) is 0 Å². The molecule has 112 valence electrons. The number of ether oxygens (including phenoxy) is 1. The Morgan fingerprint density at radius 2 is 1.86 bits per heavy atom. The van der Waals surface area contributed by atoms with Gasteiger partial charge in [-0.25, -0.2) is 4.39 Å². The maximum absolute atomic E-state index is 13.8. The van der Waals surface area contributed by atoms with Gasteiger partial charge in [-0.15, -0.1) is 0 Å². The number of halogens is 1. The first-order valence-corrected chi connectivity index (χ1v) is 6.93. The van der Waals surface area contributed by atoms with Crippen LogP contribution in [0, 0.1) is 12.7 Å². The second-order valence-corrected chi connectivity index (χ2v) is 5.09. The fourth-order valence-electron chi connectivity index (χ4n) is 2.17. The van der Waals surface area contributed by atoms with Crippen LogP contribution in [0.2, 0.25) is 0 Å². The summed E-state index contributed by atoms with van der Waals surface area (Å²) in [6.07, 6.45) is 0.293. The molecule has 0 fully saturated rings. The van der Waals surface area contributed by atoms with E-state index in [1.807, 2.05) is 30.3 Å². The van der Waals surface area contributed by atoms with Crippen LogP contribution in [0.3, 0.4) is 0 Å². The molecule has 0 spiro atoms. The molecule has 0 saturated carbocycles. The first-order chi connectivity index (χ1) is 10.1. The lowest BCUT2D eigenvalue weighted by molar-refractivity contribution is 0.0228. The minimum atomic E-state index is -1.17. The Hall–Kier alpha value is -1.91. The summed E-state index contributed by atoms with van der Waals surface area (Å²) in [5.41, 5.74) is 5.80. The molecule has 2 aromatic carbocycles. The molecule has 0 aliphatic heterocycles. The lowest BCUT2D eigenvalue weighted by atomic mass is 9.91. The average molecular weight is 289 g/mol. The summed E-state index contributed by atoms with van der Waals surface area (Å²) in [5.74, 6) is -0.170. The summed E-state index contributed by atoms with van der Waals surface area (Å²) in [5, 5.41) is 10.6. The van der Waals surface area contributed by atoms with Gasteiger partial charge >= 0.3 is 0 Å². The molecule has 2 aromatic rings. The molecule has 0 aliphatic rings. The van der Waals surface area contributed by atoms with Gasteiger partial charge in [0.1, 0.15) is 5.60 Å². The van der Waals surface area contributed by atoms with Crippen LogP contribution in [-0.4, -0.2) is 18.3 Å². The molecule has 0 amide bonds. The van der Waals surface area contributed by atoms with Crippen LogP contribution in [0.5, 0.6) is 5.75 Å². The first-order valence-electron chi connectivity index (χ1n) is 6.93. The molecule has 0 bridgehead atoms. The summed E-state index contributed by atoms with van der Waals surface area (Å²) in [4.78, 5) is 0. The van der Waals surface area contributed by atoms with Crippen molar-refractivity contribution in [2.75, 3.05) is 13.2 Å². The van der Waals surface area contributed by atoms with Crippen molar-refractivity contribution in [3.05, 3.63) is 65.5 Å². The number of rotatable bonds is 6. The molecule has 0 heterocycles. The summed E-state index contributed by atoms with van der Waals surface area (Å²) >= 11 is 0. The van der Waals surface area contributed by atoms with E-state index >= 15 is 0 Å². The van der Waals surface area contributed by atoms with Gasteiger partial charge in [0, 0.05) is 13.0 Å². The Labute approximate surface area is 124 Å². The average Bonchev–Trinajstić information content (AvgIpc) is 2.52. The molecule has 0 aromatic heterocycles. The molecule has 1 atom stereocenters. The predicted molar refractivity (Wildman–Crippen MR) is 80.6 cm³/mol. The van der Waals surface area contributed by atoms with Crippen LogP contribution in [0.4, 0.5) is 4.39 Å². The maximum Gasteiger partial charge on any atom is 0.167 e. The number of hydrogen-bond acceptors (Lipinski definition) is 3. The van der Waals surface area contributed by atoms with Crippen LogP contribution in [-0.2, 0) is 5.60 Å². The van der Waals surface area contributed by atoms with Gasteiger partial charge in [-0.1, -0.05) is 42.5 Å². The van der Waals surface area contributed by atoms with Gasteiger partial charge in [-0.05, 0) is 24.1 Å². The van der Waals surface area contributed by atoms with Gasteiger partial charge in [-0.2, -0.15) is 0 Å². The van der Waals surface area contributed by atoms with Gasteiger partial charge in [-0.3, -0.25) is 0 Å². The molecular weight excluding hydrogens is 269 g/mol. The largest absolute Gasteiger partial charge is 0.490 e. The van der Waals surface area contributed by atoms with Crippen molar-refractivity contribution in [2.24, 2.45) is 5.73 Å². The minimum Gasteiger partial charge on any atom is -0.490 e. The topological polar surface area (TPSA) is 55.5 Å². The summed E-state index contributed by atoms with van der Waals surface area (Å²) in [7, 11) is 0. The molecular formula is C17H20FNO2. The first kappa shape index (κ1) is 15.5. The number of aryl methyl sites for hydroxylation is 1. The van der Waals surface area contributed by atoms with E-state index in [0.717, 1.165) is 5.56 Å². The summed E-state index contributed by atoms with van der Waals surface area (Å²) < 4.78 is 19.3. The Bertz CT molecular complexity index is 589. The highest BCUT2D eigenvalue weighted by atomic mass is 19.1. The molecule has 3 N–H and O–H groups in total. The molecule has 1 unspecified atom stereocenters. The van der Waals surface area contributed by atoms with Crippen molar-refractivity contribution >= 4 is 0 Å². The molecule has 3 nitrogen and oxygen atoms in total. The monoisotopic (exact) mass is 289 g/mol. The molecule has 2 rings (SSSR count). The fourth-order valence-corrected chi connectivity index (χ4v) is 2.17. The van der Waals surface area contributed by atoms with E-state index in [9.17, 15) is 9.50 Å². The van der Waals surface area contributed by atoms with Crippen molar-refractivity contribution in [1.29, 1.82) is 0 Å². The zero-order valence-corrected chi connectivity index (χ0v) is 12.1. The number of benzene rings is 2. The maximum atomic E-state index is 13.8. The third-order valence-electron chi connectivity index (χ3n) is 3.58. The third kappa shape index (κ3) is 3.60. The Balaban J connectivity index is 2.03. The molecule has 0 saturated heterocycles. The molecule has 0 radical (unpaired) electrons. The zero-order chi connectivity index (χ0) is 15.3. The van der Waals surface area contributed by atoms with Crippen LogP contribution >= 0.6 is 0 Å². The van der Waals surface area contributed by atoms with Gasteiger partial charge in [0.05, 0.1) is 6.61 Å². The minimum absolute atomic E-state index is 0.0800. The molecule has 21 heavy (non-hydrogen) atoms. The van der Waals surface area contributed by atoms with E-state index < -0.39 is 5.60 Å². The van der Waals surface area contributed by atoms with E-state index in [0.29, 0.717) is 12.0 Å². The lowest BCUT2D eigenvalue weighted by Gasteiger charge is -2.27. The Morgan fingerprint density at radius 3 is 2.52 bits per heavy atom. The van der Waals surface area contributed by atoms with Crippen molar-refractivity contribution in [3.8, 4) is 5.75 Å². The van der Waals surface area contributed by atoms with E-state index in [4.69, 9.17) is 10.5 Å². The van der Waals surface area contributed by atoms with Gasteiger partial charge in [0.15, 0.2) is 11.6 Å². The second kappa shape index (κ2) is 6.70. The van der Waals surface area contributed by atoms with Crippen molar-refractivity contribution in [1.82, 2.24) is 0 Å². The van der Waals surface area contributed by atoms with E-state index in [1.165, 1.54) is 0 Å². The highest BCUT2D eigenvalue weighted by Gasteiger charge is 2.27. The van der Waals surface area contributed by atoms with Crippen LogP contribution in [0.1, 0.15) is 17.5 Å². The smallest absolute Gasteiger partial charge is 0.167 e. The van der Waals surface area contributed by atoms with Gasteiger partial charge in [0.25, 0.3) is 0 Å². The SMILES string of the molecule is Cc1cccc(OCCC(O)(CN)c2ccccc2)c1F.